The molecule has 1 rings (SSSR count). The van der Waals surface area contributed by atoms with E-state index in [1.165, 1.54) is 11.3 Å². The van der Waals surface area contributed by atoms with Crippen LogP contribution in [0.25, 0.3) is 0 Å². The lowest BCUT2D eigenvalue weighted by Crippen LogP contribution is -2.32. The van der Waals surface area contributed by atoms with Crippen molar-refractivity contribution in [2.24, 2.45) is 0 Å². The molecule has 0 aliphatic carbocycles. The largest absolute Gasteiger partial charge is 0.250 e. The van der Waals surface area contributed by atoms with E-state index in [0.717, 1.165) is 23.0 Å². The second kappa shape index (κ2) is 6.14. The Balaban J connectivity index is 2.65. The molecule has 92 valence electrons. The van der Waals surface area contributed by atoms with E-state index in [4.69, 9.17) is 0 Å². The third kappa shape index (κ3) is 4.16. The molecule has 16 heavy (non-hydrogen) atoms. The molecule has 0 fully saturated rings. The minimum atomic E-state index is -3.32. The predicted octanol–water partition coefficient (Wildman–Crippen LogP) is 2.90. The van der Waals surface area contributed by atoms with Crippen LogP contribution in [0.4, 0.5) is 0 Å². The molecule has 1 aromatic heterocycles. The third-order valence-corrected chi connectivity index (χ3v) is 5.75. The van der Waals surface area contributed by atoms with Crippen LogP contribution in [0.2, 0.25) is 0 Å². The lowest BCUT2D eigenvalue weighted by Gasteiger charge is -2.12. The average molecular weight is 326 g/mol. The second-order valence-corrected chi connectivity index (χ2v) is 7.74. The highest BCUT2D eigenvalue weighted by atomic mass is 79.9. The lowest BCUT2D eigenvalue weighted by molar-refractivity contribution is 0.547. The molecule has 0 amide bonds. The first kappa shape index (κ1) is 14.2. The molecule has 0 saturated carbocycles. The molecule has 1 heterocycles. The van der Waals surface area contributed by atoms with Gasteiger partial charge in [0.05, 0.1) is 0 Å². The van der Waals surface area contributed by atoms with Gasteiger partial charge < -0.3 is 0 Å². The van der Waals surface area contributed by atoms with Crippen molar-refractivity contribution in [1.82, 2.24) is 4.72 Å². The maximum Gasteiger partial charge on any atom is 0.250 e. The molecular weight excluding hydrogens is 310 g/mol. The Morgan fingerprint density at radius 1 is 1.50 bits per heavy atom. The van der Waals surface area contributed by atoms with E-state index >= 15 is 0 Å². The normalized spacial score (nSPS) is 13.9. The molecule has 1 atom stereocenters. The Morgan fingerprint density at radius 2 is 2.19 bits per heavy atom. The summed E-state index contributed by atoms with van der Waals surface area (Å²) < 4.78 is 26.9. The van der Waals surface area contributed by atoms with Gasteiger partial charge in [0.25, 0.3) is 0 Å². The number of sulfonamides is 1. The minimum absolute atomic E-state index is 0.0232. The second-order valence-electron chi connectivity index (χ2n) is 3.72. The highest BCUT2D eigenvalue weighted by molar-refractivity contribution is 9.09. The molecule has 1 N–H and O–H groups in total. The van der Waals surface area contributed by atoms with E-state index in [1.807, 2.05) is 19.9 Å². The Hall–Kier alpha value is 0.0900. The zero-order valence-electron chi connectivity index (χ0n) is 9.36. The highest BCUT2D eigenvalue weighted by Crippen LogP contribution is 2.20. The van der Waals surface area contributed by atoms with Gasteiger partial charge >= 0.3 is 0 Å². The van der Waals surface area contributed by atoms with E-state index in [9.17, 15) is 8.42 Å². The molecule has 1 unspecified atom stereocenters. The molecule has 0 aliphatic rings. The number of aryl methyl sites for hydroxylation is 1. The number of hydrogen-bond donors (Lipinski definition) is 1. The zero-order chi connectivity index (χ0) is 12.2. The molecule has 0 radical (unpaired) electrons. The predicted molar refractivity (Wildman–Crippen MR) is 71.9 cm³/mol. The number of hydrogen-bond acceptors (Lipinski definition) is 3. The van der Waals surface area contributed by atoms with E-state index in [0.29, 0.717) is 4.21 Å². The van der Waals surface area contributed by atoms with Crippen molar-refractivity contribution in [1.29, 1.82) is 0 Å². The van der Waals surface area contributed by atoms with Crippen LogP contribution < -0.4 is 4.72 Å². The number of thiophene rings is 1. The first-order chi connectivity index (χ1) is 7.45. The van der Waals surface area contributed by atoms with Crippen LogP contribution in [-0.4, -0.2) is 19.8 Å². The maximum absolute atomic E-state index is 11.9. The smallest absolute Gasteiger partial charge is 0.208 e. The van der Waals surface area contributed by atoms with Crippen molar-refractivity contribution < 1.29 is 8.42 Å². The topological polar surface area (TPSA) is 46.2 Å². The monoisotopic (exact) mass is 325 g/mol. The van der Waals surface area contributed by atoms with Crippen LogP contribution >= 0.6 is 27.3 Å². The fourth-order valence-electron chi connectivity index (χ4n) is 1.32. The molecule has 1 aromatic rings. The van der Waals surface area contributed by atoms with Crippen molar-refractivity contribution >= 4 is 37.3 Å². The summed E-state index contributed by atoms with van der Waals surface area (Å²) >= 11 is 4.63. The maximum atomic E-state index is 11.9. The van der Waals surface area contributed by atoms with Crippen LogP contribution in [0.15, 0.2) is 16.3 Å². The number of nitrogens with one attached hydrogen (secondary N) is 1. The Morgan fingerprint density at radius 3 is 2.69 bits per heavy atom. The number of rotatable bonds is 6. The molecule has 0 bridgehead atoms. The van der Waals surface area contributed by atoms with Crippen molar-refractivity contribution in [3.8, 4) is 0 Å². The summed E-state index contributed by atoms with van der Waals surface area (Å²) in [5.74, 6) is 0. The zero-order valence-corrected chi connectivity index (χ0v) is 12.6. The van der Waals surface area contributed by atoms with E-state index in [-0.39, 0.29) is 6.04 Å². The fraction of sp³-hybridized carbons (Fsp3) is 0.600. The summed E-state index contributed by atoms with van der Waals surface area (Å²) in [6.45, 7) is 3.79. The molecule has 6 heteroatoms. The molecule has 0 aromatic carbocycles. The van der Waals surface area contributed by atoms with Gasteiger partial charge in [0, 0.05) is 16.2 Å². The molecule has 3 nitrogen and oxygen atoms in total. The Kier molecular flexibility index (Phi) is 5.43. The van der Waals surface area contributed by atoms with Crippen molar-refractivity contribution in [3.63, 3.8) is 0 Å². The summed E-state index contributed by atoms with van der Waals surface area (Å²) in [6.07, 6.45) is 1.81. The highest BCUT2D eigenvalue weighted by Gasteiger charge is 2.18. The quantitative estimate of drug-likeness (QED) is 0.817. The van der Waals surface area contributed by atoms with Gasteiger partial charge in [0.15, 0.2) is 0 Å². The third-order valence-electron chi connectivity index (χ3n) is 2.11. The van der Waals surface area contributed by atoms with Crippen molar-refractivity contribution in [2.45, 2.75) is 36.9 Å². The molecule has 0 saturated heterocycles. The Labute approximate surface area is 109 Å². The van der Waals surface area contributed by atoms with Crippen LogP contribution in [0, 0.1) is 6.92 Å². The van der Waals surface area contributed by atoms with Crippen LogP contribution in [-0.2, 0) is 10.0 Å². The average Bonchev–Trinajstić information content (AvgIpc) is 2.62. The van der Waals surface area contributed by atoms with Crippen LogP contribution in [0.5, 0.6) is 0 Å². The molecular formula is C10H16BrNO2S2. The van der Waals surface area contributed by atoms with Gasteiger partial charge in [-0.1, -0.05) is 15.9 Å². The SMILES string of the molecule is Cc1ccc(S(=O)(=O)NC(C)CCCBr)s1. The first-order valence-electron chi connectivity index (χ1n) is 5.10. The minimum Gasteiger partial charge on any atom is -0.208 e. The fourth-order valence-corrected chi connectivity index (χ4v) is 4.22. The summed E-state index contributed by atoms with van der Waals surface area (Å²) in [5, 5.41) is 0.900. The van der Waals surface area contributed by atoms with Gasteiger partial charge in [-0.25, -0.2) is 13.1 Å². The summed E-state index contributed by atoms with van der Waals surface area (Å²) in [6, 6.07) is 3.45. The van der Waals surface area contributed by atoms with Crippen molar-refractivity contribution in [2.75, 3.05) is 5.33 Å². The standard InChI is InChI=1S/C10H16BrNO2S2/c1-8(4-3-7-11)12-16(13,14)10-6-5-9(2)15-10/h5-6,8,12H,3-4,7H2,1-2H3. The summed E-state index contributed by atoms with van der Waals surface area (Å²) in [7, 11) is -3.32. The van der Waals surface area contributed by atoms with Crippen molar-refractivity contribution in [3.05, 3.63) is 17.0 Å². The number of halogens is 1. The first-order valence-corrected chi connectivity index (χ1v) is 8.52. The van der Waals surface area contributed by atoms with Gasteiger partial charge in [-0.2, -0.15) is 0 Å². The van der Waals surface area contributed by atoms with E-state index in [2.05, 4.69) is 20.7 Å². The summed E-state index contributed by atoms with van der Waals surface area (Å²) in [5.41, 5.74) is 0. The van der Waals surface area contributed by atoms with E-state index < -0.39 is 10.0 Å². The molecule has 0 aliphatic heterocycles. The van der Waals surface area contributed by atoms with Crippen LogP contribution in [0.1, 0.15) is 24.6 Å². The van der Waals surface area contributed by atoms with Gasteiger partial charge in [0.1, 0.15) is 4.21 Å². The summed E-state index contributed by atoms with van der Waals surface area (Å²) in [4.78, 5) is 1.01. The van der Waals surface area contributed by atoms with Crippen LogP contribution in [0.3, 0.4) is 0 Å². The molecule has 0 spiro atoms. The van der Waals surface area contributed by atoms with Gasteiger partial charge in [-0.05, 0) is 38.8 Å². The van der Waals surface area contributed by atoms with Gasteiger partial charge in [0.2, 0.25) is 10.0 Å². The lowest BCUT2D eigenvalue weighted by atomic mass is 10.2. The number of alkyl halides is 1. The van der Waals surface area contributed by atoms with Gasteiger partial charge in [-0.3, -0.25) is 0 Å². The van der Waals surface area contributed by atoms with Gasteiger partial charge in [-0.15, -0.1) is 11.3 Å². The Bertz CT molecular complexity index is 428. The van der Waals surface area contributed by atoms with E-state index in [1.54, 1.807) is 6.07 Å².